The highest BCUT2D eigenvalue weighted by molar-refractivity contribution is 5.91. The Kier molecular flexibility index (Phi) is 6.87. The first-order chi connectivity index (χ1) is 16.4. The van der Waals surface area contributed by atoms with Crippen molar-refractivity contribution >= 4 is 5.91 Å². The van der Waals surface area contributed by atoms with E-state index in [0.29, 0.717) is 12.3 Å². The molecule has 0 aliphatic rings. The quantitative estimate of drug-likeness (QED) is 0.353. The number of carbonyl (C=O) groups excluding carboxylic acids is 1. The minimum absolute atomic E-state index is 0.100. The van der Waals surface area contributed by atoms with Crippen LogP contribution >= 0.6 is 0 Å². The zero-order valence-corrected chi connectivity index (χ0v) is 20.2. The average molecular weight is 458 g/mol. The summed E-state index contributed by atoms with van der Waals surface area (Å²) in [5.74, 6) is 1.34. The van der Waals surface area contributed by atoms with E-state index in [1.54, 1.807) is 12.1 Å². The van der Waals surface area contributed by atoms with Crippen molar-refractivity contribution in [2.24, 2.45) is 0 Å². The first-order valence-electron chi connectivity index (χ1n) is 11.6. The molecule has 0 aliphatic carbocycles. The summed E-state index contributed by atoms with van der Waals surface area (Å²) in [4.78, 5) is 12.5. The van der Waals surface area contributed by atoms with Crippen LogP contribution in [0.15, 0.2) is 77.3 Å². The molecule has 1 N–H and O–H groups in total. The number of amides is 1. The van der Waals surface area contributed by atoms with Crippen molar-refractivity contribution in [1.29, 1.82) is 0 Å². The van der Waals surface area contributed by atoms with Crippen molar-refractivity contribution in [3.63, 3.8) is 0 Å². The highest BCUT2D eigenvalue weighted by atomic mass is 16.5. The van der Waals surface area contributed by atoms with Gasteiger partial charge in [0.2, 0.25) is 0 Å². The maximum Gasteiger partial charge on any atom is 0.287 e. The minimum atomic E-state index is -0.262. The van der Waals surface area contributed by atoms with Crippen LogP contribution in [-0.2, 0) is 25.1 Å². The van der Waals surface area contributed by atoms with Gasteiger partial charge >= 0.3 is 0 Å². The molecule has 6 heteroatoms. The van der Waals surface area contributed by atoms with Gasteiger partial charge in [-0.1, -0.05) is 56.3 Å². The average Bonchev–Trinajstić information content (AvgIpc) is 3.48. The third-order valence-electron chi connectivity index (χ3n) is 6.15. The van der Waals surface area contributed by atoms with Crippen molar-refractivity contribution in [2.75, 3.05) is 0 Å². The van der Waals surface area contributed by atoms with Gasteiger partial charge in [-0.25, -0.2) is 0 Å². The van der Waals surface area contributed by atoms with E-state index in [2.05, 4.69) is 60.7 Å². The van der Waals surface area contributed by atoms with E-state index in [0.717, 1.165) is 23.6 Å². The third kappa shape index (κ3) is 5.22. The fourth-order valence-corrected chi connectivity index (χ4v) is 3.88. The van der Waals surface area contributed by atoms with Crippen LogP contribution in [0.4, 0.5) is 0 Å². The number of carbonyl (C=O) groups is 1. The minimum Gasteiger partial charge on any atom is -0.486 e. The zero-order valence-electron chi connectivity index (χ0n) is 20.2. The van der Waals surface area contributed by atoms with E-state index in [4.69, 9.17) is 9.15 Å². The predicted molar refractivity (Wildman–Crippen MR) is 132 cm³/mol. The third-order valence-corrected chi connectivity index (χ3v) is 6.15. The molecule has 0 unspecified atom stereocenters. The van der Waals surface area contributed by atoms with Gasteiger partial charge in [-0.05, 0) is 49.2 Å². The molecule has 2 aromatic heterocycles. The molecule has 0 fully saturated rings. The maximum absolute atomic E-state index is 12.5. The van der Waals surface area contributed by atoms with Crippen LogP contribution in [0.2, 0.25) is 0 Å². The summed E-state index contributed by atoms with van der Waals surface area (Å²) in [6.45, 7) is 9.84. The van der Waals surface area contributed by atoms with Gasteiger partial charge in [0.15, 0.2) is 5.76 Å². The number of hydrogen-bond donors (Lipinski definition) is 1. The van der Waals surface area contributed by atoms with Crippen LogP contribution in [0.1, 0.15) is 59.5 Å². The lowest BCUT2D eigenvalue weighted by molar-refractivity contribution is 0.0919. The van der Waals surface area contributed by atoms with E-state index < -0.39 is 0 Å². The van der Waals surface area contributed by atoms with Gasteiger partial charge in [0, 0.05) is 30.3 Å². The summed E-state index contributed by atoms with van der Waals surface area (Å²) in [5, 5.41) is 7.28. The second-order valence-electron chi connectivity index (χ2n) is 8.85. The largest absolute Gasteiger partial charge is 0.486 e. The molecule has 0 saturated heterocycles. The standard InChI is InChI=1S/C28H31N3O3/c1-5-31-18-21(20(2)30-31)17-29-27(32)26-16-15-25(34-26)19-33-24-13-11-23(12-14-24)28(3,4)22-9-7-6-8-10-22/h6-16,18H,5,17,19H2,1-4H3,(H,29,32). The molecule has 2 aromatic carbocycles. The fourth-order valence-electron chi connectivity index (χ4n) is 3.88. The Labute approximate surface area is 200 Å². The van der Waals surface area contributed by atoms with Gasteiger partial charge in [-0.2, -0.15) is 5.10 Å². The maximum atomic E-state index is 12.5. The van der Waals surface area contributed by atoms with Crippen molar-refractivity contribution < 1.29 is 13.9 Å². The molecule has 4 rings (SSSR count). The second-order valence-corrected chi connectivity index (χ2v) is 8.85. The van der Waals surface area contributed by atoms with E-state index in [-0.39, 0.29) is 23.7 Å². The molecule has 176 valence electrons. The Morgan fingerprint density at radius 3 is 2.41 bits per heavy atom. The lowest BCUT2D eigenvalue weighted by Gasteiger charge is -2.26. The summed E-state index contributed by atoms with van der Waals surface area (Å²) >= 11 is 0. The normalized spacial score (nSPS) is 11.4. The lowest BCUT2D eigenvalue weighted by Crippen LogP contribution is -2.22. The van der Waals surface area contributed by atoms with E-state index in [1.165, 1.54) is 11.1 Å². The number of aromatic nitrogens is 2. The van der Waals surface area contributed by atoms with Gasteiger partial charge < -0.3 is 14.5 Å². The molecule has 0 bridgehead atoms. The Hall–Kier alpha value is -3.80. The van der Waals surface area contributed by atoms with Crippen LogP contribution in [0.5, 0.6) is 5.75 Å². The molecule has 0 saturated carbocycles. The number of nitrogens with zero attached hydrogens (tertiary/aromatic N) is 2. The Morgan fingerprint density at radius 2 is 1.74 bits per heavy atom. The van der Waals surface area contributed by atoms with E-state index in [1.807, 2.05) is 42.9 Å². The fraction of sp³-hybridized carbons (Fsp3) is 0.286. The lowest BCUT2D eigenvalue weighted by atomic mass is 9.78. The summed E-state index contributed by atoms with van der Waals surface area (Å²) in [7, 11) is 0. The molecule has 0 aliphatic heterocycles. The van der Waals surface area contributed by atoms with Crippen LogP contribution in [0, 0.1) is 6.92 Å². The summed E-state index contributed by atoms with van der Waals surface area (Å²) in [6, 6.07) is 22.0. The van der Waals surface area contributed by atoms with Crippen molar-refractivity contribution in [2.45, 2.75) is 52.8 Å². The summed E-state index contributed by atoms with van der Waals surface area (Å²) < 4.78 is 13.4. The highest BCUT2D eigenvalue weighted by Crippen LogP contribution is 2.32. The number of furan rings is 1. The zero-order chi connectivity index (χ0) is 24.1. The van der Waals surface area contributed by atoms with Gasteiger partial charge in [-0.3, -0.25) is 9.48 Å². The monoisotopic (exact) mass is 457 g/mol. The van der Waals surface area contributed by atoms with Crippen molar-refractivity contribution in [3.05, 3.63) is 107 Å². The number of aryl methyl sites for hydroxylation is 2. The van der Waals surface area contributed by atoms with Gasteiger partial charge in [-0.15, -0.1) is 0 Å². The highest BCUT2D eigenvalue weighted by Gasteiger charge is 2.22. The molecule has 2 heterocycles. The molecule has 4 aromatic rings. The predicted octanol–water partition coefficient (Wildman–Crippen LogP) is 5.64. The smallest absolute Gasteiger partial charge is 0.287 e. The van der Waals surface area contributed by atoms with Gasteiger partial charge in [0.05, 0.1) is 5.69 Å². The Morgan fingerprint density at radius 1 is 1.03 bits per heavy atom. The van der Waals surface area contributed by atoms with Crippen LogP contribution in [0.3, 0.4) is 0 Å². The molecule has 6 nitrogen and oxygen atoms in total. The van der Waals surface area contributed by atoms with Crippen molar-refractivity contribution in [3.8, 4) is 5.75 Å². The number of benzene rings is 2. The molecule has 34 heavy (non-hydrogen) atoms. The number of ether oxygens (including phenoxy) is 1. The topological polar surface area (TPSA) is 69.3 Å². The Bertz CT molecular complexity index is 1240. The van der Waals surface area contributed by atoms with Gasteiger partial charge in [0.25, 0.3) is 5.91 Å². The number of hydrogen-bond acceptors (Lipinski definition) is 4. The molecule has 0 atom stereocenters. The van der Waals surface area contributed by atoms with Crippen LogP contribution in [0.25, 0.3) is 0 Å². The first kappa shape index (κ1) is 23.4. The first-order valence-corrected chi connectivity index (χ1v) is 11.6. The molecule has 1 amide bonds. The molecule has 0 spiro atoms. The SMILES string of the molecule is CCn1cc(CNC(=O)c2ccc(COc3ccc(C(C)(C)c4ccccc4)cc3)o2)c(C)n1. The van der Waals surface area contributed by atoms with E-state index in [9.17, 15) is 4.79 Å². The molecular weight excluding hydrogens is 426 g/mol. The molecule has 0 radical (unpaired) electrons. The van der Waals surface area contributed by atoms with Gasteiger partial charge in [0.1, 0.15) is 18.1 Å². The van der Waals surface area contributed by atoms with Crippen molar-refractivity contribution in [1.82, 2.24) is 15.1 Å². The number of nitrogens with one attached hydrogen (secondary N) is 1. The second kappa shape index (κ2) is 10.00. The molecular formula is C28H31N3O3. The summed E-state index contributed by atoms with van der Waals surface area (Å²) in [5.41, 5.74) is 4.27. The number of rotatable bonds is 9. The Balaban J connectivity index is 1.32. The summed E-state index contributed by atoms with van der Waals surface area (Å²) in [6.07, 6.45) is 1.95. The van der Waals surface area contributed by atoms with Crippen LogP contribution < -0.4 is 10.1 Å². The van der Waals surface area contributed by atoms with Crippen LogP contribution in [-0.4, -0.2) is 15.7 Å². The van der Waals surface area contributed by atoms with E-state index >= 15 is 0 Å².